The van der Waals surface area contributed by atoms with Crippen molar-refractivity contribution in [3.8, 4) is 17.6 Å². The topological polar surface area (TPSA) is 125 Å². The number of carbonyl (C=O) groups is 2. The molecule has 2 amide bonds. The molecule has 174 valence electrons. The second-order valence-electron chi connectivity index (χ2n) is 8.42. The van der Waals surface area contributed by atoms with Crippen LogP contribution < -0.4 is 10.1 Å². The monoisotopic (exact) mass is 467 g/mol. The zero-order valence-electron chi connectivity index (χ0n) is 19.3. The second-order valence-corrected chi connectivity index (χ2v) is 8.42. The van der Waals surface area contributed by atoms with E-state index in [9.17, 15) is 14.9 Å². The summed E-state index contributed by atoms with van der Waals surface area (Å²) >= 11 is 0. The molecule has 35 heavy (non-hydrogen) atoms. The largest absolute Gasteiger partial charge is 0.494 e. The number of methoxy groups -OCH3 is 1. The van der Waals surface area contributed by atoms with E-state index >= 15 is 0 Å². The van der Waals surface area contributed by atoms with Crippen molar-refractivity contribution in [2.24, 2.45) is 4.99 Å². The van der Waals surface area contributed by atoms with Crippen molar-refractivity contribution in [1.82, 2.24) is 19.7 Å². The molecule has 0 radical (unpaired) electrons. The summed E-state index contributed by atoms with van der Waals surface area (Å²) in [7, 11) is 1.57. The Balaban J connectivity index is 1.58. The smallest absolute Gasteiger partial charge is 0.252 e. The zero-order valence-corrected chi connectivity index (χ0v) is 19.3. The predicted molar refractivity (Wildman–Crippen MR) is 129 cm³/mol. The van der Waals surface area contributed by atoms with E-state index in [0.717, 1.165) is 10.9 Å². The lowest BCUT2D eigenvalue weighted by molar-refractivity contribution is -0.130. The number of rotatable bonds is 4. The molecule has 0 saturated carbocycles. The van der Waals surface area contributed by atoms with Crippen LogP contribution >= 0.6 is 0 Å². The van der Waals surface area contributed by atoms with E-state index < -0.39 is 17.4 Å². The first kappa shape index (κ1) is 22.0. The molecular weight excluding hydrogens is 446 g/mol. The van der Waals surface area contributed by atoms with E-state index in [2.05, 4.69) is 21.5 Å². The predicted octanol–water partition coefficient (Wildman–Crippen LogP) is 3.02. The van der Waals surface area contributed by atoms with Gasteiger partial charge in [0.15, 0.2) is 11.6 Å². The number of hydrogen-bond donors (Lipinski definition) is 1. The van der Waals surface area contributed by atoms with E-state index in [0.29, 0.717) is 22.9 Å². The van der Waals surface area contributed by atoms with E-state index in [1.54, 1.807) is 43.4 Å². The van der Waals surface area contributed by atoms with Crippen LogP contribution in [0.2, 0.25) is 0 Å². The molecule has 0 fully saturated rings. The molecule has 1 N–H and O–H groups in total. The minimum absolute atomic E-state index is 0.124. The Bertz CT molecular complexity index is 1530. The van der Waals surface area contributed by atoms with Crippen molar-refractivity contribution in [1.29, 1.82) is 5.26 Å². The van der Waals surface area contributed by atoms with E-state index in [1.807, 2.05) is 31.2 Å². The summed E-state index contributed by atoms with van der Waals surface area (Å²) in [5.41, 5.74) is 0.456. The van der Waals surface area contributed by atoms with Crippen molar-refractivity contribution in [2.45, 2.75) is 25.8 Å². The van der Waals surface area contributed by atoms with E-state index in [1.165, 1.54) is 10.9 Å². The number of carbonyl (C=O) groups excluding carboxylic acids is 2. The van der Waals surface area contributed by atoms with Crippen molar-refractivity contribution in [3.63, 3.8) is 0 Å². The van der Waals surface area contributed by atoms with Gasteiger partial charge in [0, 0.05) is 11.6 Å². The minimum atomic E-state index is -1.26. The molecule has 2 aliphatic heterocycles. The van der Waals surface area contributed by atoms with E-state index in [-0.39, 0.29) is 17.8 Å². The number of allylic oxidation sites excluding steroid dienone is 2. The van der Waals surface area contributed by atoms with Gasteiger partial charge in [-0.15, -0.1) is 0 Å². The van der Waals surface area contributed by atoms with Crippen LogP contribution in [0, 0.1) is 18.3 Å². The number of pyridine rings is 1. The summed E-state index contributed by atoms with van der Waals surface area (Å²) < 4.78 is 6.88. The summed E-state index contributed by atoms with van der Waals surface area (Å²) in [6.45, 7) is 3.60. The SMILES string of the molecule is COc1cccc2c(C)cc(-n3ncc(C#N)c3NC(=O)C3(C)CC(=O)N=C4C=CC=CN43)nc12. The van der Waals surface area contributed by atoms with Gasteiger partial charge in [0.2, 0.25) is 0 Å². The van der Waals surface area contributed by atoms with Gasteiger partial charge in [-0.2, -0.15) is 20.0 Å². The molecule has 0 bridgehead atoms. The fraction of sp³-hybridized carbons (Fsp3) is 0.200. The second kappa shape index (κ2) is 8.22. The fourth-order valence-corrected chi connectivity index (χ4v) is 4.29. The molecule has 4 heterocycles. The van der Waals surface area contributed by atoms with Crippen molar-refractivity contribution < 1.29 is 14.3 Å². The number of amides is 2. The number of hydrogen-bond acceptors (Lipinski definition) is 7. The maximum Gasteiger partial charge on any atom is 0.252 e. The Kier molecular flexibility index (Phi) is 5.17. The minimum Gasteiger partial charge on any atom is -0.494 e. The molecular formula is C25H21N7O3. The lowest BCUT2D eigenvalue weighted by Crippen LogP contribution is -2.58. The average molecular weight is 467 g/mol. The molecule has 0 saturated heterocycles. The number of ether oxygens (including phenoxy) is 1. The lowest BCUT2D eigenvalue weighted by Gasteiger charge is -2.41. The lowest BCUT2D eigenvalue weighted by atomic mass is 9.91. The van der Waals surface area contributed by atoms with Gasteiger partial charge in [-0.25, -0.2) is 4.98 Å². The number of nitriles is 1. The first-order chi connectivity index (χ1) is 16.9. The van der Waals surface area contributed by atoms with Crippen LogP contribution in [0.4, 0.5) is 5.82 Å². The summed E-state index contributed by atoms with van der Waals surface area (Å²) in [4.78, 5) is 36.3. The van der Waals surface area contributed by atoms with Crippen LogP contribution in [-0.2, 0) is 9.59 Å². The van der Waals surface area contributed by atoms with Crippen LogP contribution in [-0.4, -0.2) is 50.0 Å². The molecule has 1 aromatic carbocycles. The summed E-state index contributed by atoms with van der Waals surface area (Å²) in [6, 6.07) is 9.52. The number of anilines is 1. The number of aliphatic imine (C=N–C) groups is 1. The fourth-order valence-electron chi connectivity index (χ4n) is 4.29. The molecule has 1 atom stereocenters. The third-order valence-electron chi connectivity index (χ3n) is 6.15. The van der Waals surface area contributed by atoms with Gasteiger partial charge in [0.05, 0.1) is 19.7 Å². The van der Waals surface area contributed by atoms with Crippen LogP contribution in [0.25, 0.3) is 16.7 Å². The highest BCUT2D eigenvalue weighted by molar-refractivity contribution is 6.12. The Labute approximate surface area is 200 Å². The van der Waals surface area contributed by atoms with Gasteiger partial charge in [-0.1, -0.05) is 18.2 Å². The maximum atomic E-state index is 13.6. The van der Waals surface area contributed by atoms with Crippen molar-refractivity contribution >= 4 is 34.4 Å². The van der Waals surface area contributed by atoms with Crippen LogP contribution in [0.3, 0.4) is 0 Å². The molecule has 2 aliphatic rings. The summed E-state index contributed by atoms with van der Waals surface area (Å²) in [6.07, 6.45) is 8.12. The number of benzene rings is 1. The molecule has 10 heteroatoms. The highest BCUT2D eigenvalue weighted by Gasteiger charge is 2.45. The highest BCUT2D eigenvalue weighted by atomic mass is 16.5. The van der Waals surface area contributed by atoms with Crippen LogP contribution in [0.5, 0.6) is 5.75 Å². The third-order valence-corrected chi connectivity index (χ3v) is 6.15. The van der Waals surface area contributed by atoms with Crippen molar-refractivity contribution in [2.75, 3.05) is 12.4 Å². The maximum absolute atomic E-state index is 13.6. The standard InChI is InChI=1S/C25H21N7O3/c1-15-11-20(29-22-17(15)7-6-8-18(22)35-3)32-23(16(13-26)14-27-32)30-24(34)25(2)12-21(33)28-19-9-4-5-10-31(19)25/h4-11,14H,12H2,1-3H3,(H,30,34). The summed E-state index contributed by atoms with van der Waals surface area (Å²) in [5.74, 6) is 0.662. The quantitative estimate of drug-likeness (QED) is 0.625. The van der Waals surface area contributed by atoms with Gasteiger partial charge in [0.25, 0.3) is 11.8 Å². The van der Waals surface area contributed by atoms with Crippen LogP contribution in [0.15, 0.2) is 59.9 Å². The Morgan fingerprint density at radius 1 is 1.31 bits per heavy atom. The molecule has 5 rings (SSSR count). The normalized spacial score (nSPS) is 18.7. The number of aromatic nitrogens is 3. The molecule has 10 nitrogen and oxygen atoms in total. The molecule has 2 aromatic heterocycles. The number of aryl methyl sites for hydroxylation is 1. The van der Waals surface area contributed by atoms with Gasteiger partial charge < -0.3 is 15.0 Å². The number of fused-ring (bicyclic) bond motifs is 2. The van der Waals surface area contributed by atoms with Gasteiger partial charge >= 0.3 is 0 Å². The van der Waals surface area contributed by atoms with Gasteiger partial charge in [-0.3, -0.25) is 9.59 Å². The Hall–Kier alpha value is -4.78. The number of nitrogens with zero attached hydrogens (tertiary/aromatic N) is 6. The third kappa shape index (κ3) is 3.54. The Morgan fingerprint density at radius 2 is 2.14 bits per heavy atom. The summed E-state index contributed by atoms with van der Waals surface area (Å²) in [5, 5.41) is 17.8. The van der Waals surface area contributed by atoms with Gasteiger partial charge in [0.1, 0.15) is 34.3 Å². The van der Waals surface area contributed by atoms with Gasteiger partial charge in [-0.05, 0) is 43.7 Å². The average Bonchev–Trinajstić information content (AvgIpc) is 3.26. The molecule has 3 aromatic rings. The zero-order chi connectivity index (χ0) is 24.7. The number of amidine groups is 1. The molecule has 1 unspecified atom stereocenters. The van der Waals surface area contributed by atoms with Crippen LogP contribution in [0.1, 0.15) is 24.5 Å². The van der Waals surface area contributed by atoms with E-state index in [4.69, 9.17) is 9.72 Å². The highest BCUT2D eigenvalue weighted by Crippen LogP contribution is 2.32. The Morgan fingerprint density at radius 3 is 2.91 bits per heavy atom. The first-order valence-electron chi connectivity index (χ1n) is 10.9. The number of nitrogens with one attached hydrogen (secondary N) is 1. The first-order valence-corrected chi connectivity index (χ1v) is 10.9. The number of para-hydroxylation sites is 1. The molecule has 0 spiro atoms. The molecule has 0 aliphatic carbocycles. The van der Waals surface area contributed by atoms with Crippen molar-refractivity contribution in [3.05, 3.63) is 66.0 Å².